The zero-order valence-corrected chi connectivity index (χ0v) is 14.4. The van der Waals surface area contributed by atoms with Crippen LogP contribution in [0.1, 0.15) is 35.6 Å². The van der Waals surface area contributed by atoms with Gasteiger partial charge in [0.15, 0.2) is 0 Å². The highest BCUT2D eigenvalue weighted by molar-refractivity contribution is 5.95. The molecule has 0 aliphatic rings. The SMILES string of the molecule is Cc1ccc(C(=O)N(C)CC(C)(C)CN)c(C)n1.Cl.Cl. The first-order valence-corrected chi connectivity index (χ1v) is 6.16. The summed E-state index contributed by atoms with van der Waals surface area (Å²) in [4.78, 5) is 18.4. The molecule has 1 rings (SSSR count). The molecule has 0 bridgehead atoms. The van der Waals surface area contributed by atoms with Gasteiger partial charge in [0, 0.05) is 19.3 Å². The molecule has 0 aliphatic heterocycles. The first-order chi connectivity index (χ1) is 8.26. The molecule has 1 amide bonds. The predicted octanol–water partition coefficient (Wildman–Crippen LogP) is 2.60. The maximum absolute atomic E-state index is 12.3. The van der Waals surface area contributed by atoms with Gasteiger partial charge in [-0.25, -0.2) is 0 Å². The Kier molecular flexibility index (Phi) is 9.06. The lowest BCUT2D eigenvalue weighted by molar-refractivity contribution is 0.0739. The second-order valence-electron chi connectivity index (χ2n) is 5.62. The zero-order valence-electron chi connectivity index (χ0n) is 12.8. The van der Waals surface area contributed by atoms with Crippen LogP contribution in [0.5, 0.6) is 0 Å². The summed E-state index contributed by atoms with van der Waals surface area (Å²) in [6, 6.07) is 3.70. The highest BCUT2D eigenvalue weighted by Crippen LogP contribution is 2.16. The minimum absolute atomic E-state index is 0. The second kappa shape index (κ2) is 8.45. The minimum atomic E-state index is -0.0730. The number of nitrogens with two attached hydrogens (primary N) is 1. The summed E-state index contributed by atoms with van der Waals surface area (Å²) in [5.41, 5.74) is 7.98. The molecular weight excluding hydrogens is 297 g/mol. The standard InChI is InChI=1S/C14H23N3O.2ClH/c1-10-6-7-12(11(2)16-10)13(18)17(5)9-14(3,4)8-15;;/h6-7H,8-9,15H2,1-5H3;2*1H. The molecule has 6 heteroatoms. The Bertz CT molecular complexity index is 450. The molecule has 0 saturated carbocycles. The van der Waals surface area contributed by atoms with E-state index in [4.69, 9.17) is 5.73 Å². The lowest BCUT2D eigenvalue weighted by atomic mass is 9.93. The van der Waals surface area contributed by atoms with Crippen molar-refractivity contribution in [3.05, 3.63) is 29.1 Å². The quantitative estimate of drug-likeness (QED) is 0.927. The summed E-state index contributed by atoms with van der Waals surface area (Å²) in [5, 5.41) is 0. The van der Waals surface area contributed by atoms with E-state index in [1.807, 2.05) is 26.0 Å². The van der Waals surface area contributed by atoms with Gasteiger partial charge in [0.25, 0.3) is 5.91 Å². The largest absolute Gasteiger partial charge is 0.341 e. The van der Waals surface area contributed by atoms with Crippen molar-refractivity contribution in [2.75, 3.05) is 20.1 Å². The summed E-state index contributed by atoms with van der Waals surface area (Å²) in [7, 11) is 1.80. The molecule has 1 aromatic rings. The molecule has 0 atom stereocenters. The van der Waals surface area contributed by atoms with Gasteiger partial charge in [-0.3, -0.25) is 9.78 Å². The van der Waals surface area contributed by atoms with Gasteiger partial charge in [-0.1, -0.05) is 13.8 Å². The van der Waals surface area contributed by atoms with Crippen molar-refractivity contribution in [1.29, 1.82) is 0 Å². The van der Waals surface area contributed by atoms with Crippen molar-refractivity contribution in [2.45, 2.75) is 27.7 Å². The molecule has 0 aromatic carbocycles. The molecule has 0 saturated heterocycles. The maximum atomic E-state index is 12.3. The summed E-state index contributed by atoms with van der Waals surface area (Å²) in [5.74, 6) is 0.00141. The Hall–Kier alpha value is -0.840. The Morgan fingerprint density at radius 3 is 2.30 bits per heavy atom. The molecule has 1 heterocycles. The number of nitrogens with zero attached hydrogens (tertiary/aromatic N) is 2. The number of amides is 1. The maximum Gasteiger partial charge on any atom is 0.255 e. The number of carbonyl (C=O) groups is 1. The van der Waals surface area contributed by atoms with Gasteiger partial charge in [0.05, 0.1) is 11.3 Å². The molecule has 20 heavy (non-hydrogen) atoms. The van der Waals surface area contributed by atoms with E-state index in [1.165, 1.54) is 0 Å². The minimum Gasteiger partial charge on any atom is -0.341 e. The van der Waals surface area contributed by atoms with Crippen molar-refractivity contribution in [1.82, 2.24) is 9.88 Å². The van der Waals surface area contributed by atoms with Gasteiger partial charge in [-0.15, -0.1) is 24.8 Å². The number of halogens is 2. The fourth-order valence-corrected chi connectivity index (χ4v) is 1.90. The predicted molar refractivity (Wildman–Crippen MR) is 88.0 cm³/mol. The van der Waals surface area contributed by atoms with Crippen LogP contribution >= 0.6 is 24.8 Å². The third kappa shape index (κ3) is 5.65. The molecule has 0 fully saturated rings. The van der Waals surface area contributed by atoms with E-state index in [-0.39, 0.29) is 36.1 Å². The fraction of sp³-hybridized carbons (Fsp3) is 0.571. The summed E-state index contributed by atoms with van der Waals surface area (Å²) >= 11 is 0. The van der Waals surface area contributed by atoms with E-state index in [2.05, 4.69) is 18.8 Å². The van der Waals surface area contributed by atoms with Gasteiger partial charge < -0.3 is 10.6 Å². The highest BCUT2D eigenvalue weighted by atomic mass is 35.5. The van der Waals surface area contributed by atoms with Gasteiger partial charge in [-0.05, 0) is 37.9 Å². The molecule has 0 unspecified atom stereocenters. The Balaban J connectivity index is 0. The van der Waals surface area contributed by atoms with Crippen LogP contribution in [-0.4, -0.2) is 35.9 Å². The van der Waals surface area contributed by atoms with Gasteiger partial charge >= 0.3 is 0 Å². The molecule has 0 spiro atoms. The van der Waals surface area contributed by atoms with Crippen LogP contribution in [0.2, 0.25) is 0 Å². The van der Waals surface area contributed by atoms with Gasteiger partial charge in [0.2, 0.25) is 0 Å². The van der Waals surface area contributed by atoms with Crippen LogP contribution < -0.4 is 5.73 Å². The zero-order chi connectivity index (χ0) is 13.9. The first kappa shape index (κ1) is 21.5. The van der Waals surface area contributed by atoms with E-state index in [9.17, 15) is 4.79 Å². The number of hydrogen-bond acceptors (Lipinski definition) is 3. The second-order valence-corrected chi connectivity index (χ2v) is 5.62. The van der Waals surface area contributed by atoms with E-state index >= 15 is 0 Å². The number of hydrogen-bond donors (Lipinski definition) is 1. The number of carbonyl (C=O) groups excluding carboxylic acids is 1. The number of aromatic nitrogens is 1. The monoisotopic (exact) mass is 321 g/mol. The van der Waals surface area contributed by atoms with Gasteiger partial charge in [-0.2, -0.15) is 0 Å². The summed E-state index contributed by atoms with van der Waals surface area (Å²) < 4.78 is 0. The lowest BCUT2D eigenvalue weighted by Crippen LogP contribution is -2.40. The Morgan fingerprint density at radius 2 is 1.85 bits per heavy atom. The molecule has 0 aliphatic carbocycles. The van der Waals surface area contributed by atoms with Crippen LogP contribution in [0.4, 0.5) is 0 Å². The number of aryl methyl sites for hydroxylation is 2. The van der Waals surface area contributed by atoms with E-state index in [1.54, 1.807) is 11.9 Å². The first-order valence-electron chi connectivity index (χ1n) is 6.16. The van der Waals surface area contributed by atoms with Crippen molar-refractivity contribution in [3.63, 3.8) is 0 Å². The van der Waals surface area contributed by atoms with Crippen molar-refractivity contribution < 1.29 is 4.79 Å². The normalized spacial score (nSPS) is 10.3. The molecular formula is C14H25Cl2N3O. The Labute approximate surface area is 134 Å². The third-order valence-corrected chi connectivity index (χ3v) is 3.02. The van der Waals surface area contributed by atoms with Crippen LogP contribution in [0.15, 0.2) is 12.1 Å². The van der Waals surface area contributed by atoms with Crippen LogP contribution in [0, 0.1) is 19.3 Å². The van der Waals surface area contributed by atoms with Crippen LogP contribution in [-0.2, 0) is 0 Å². The average Bonchev–Trinajstić information content (AvgIpc) is 2.27. The van der Waals surface area contributed by atoms with E-state index in [0.717, 1.165) is 11.4 Å². The van der Waals surface area contributed by atoms with Gasteiger partial charge in [0.1, 0.15) is 0 Å². The van der Waals surface area contributed by atoms with Crippen molar-refractivity contribution in [3.8, 4) is 0 Å². The summed E-state index contributed by atoms with van der Waals surface area (Å²) in [6.07, 6.45) is 0. The lowest BCUT2D eigenvalue weighted by Gasteiger charge is -2.29. The smallest absolute Gasteiger partial charge is 0.255 e. The summed E-state index contributed by atoms with van der Waals surface area (Å²) in [6.45, 7) is 9.07. The average molecular weight is 322 g/mol. The highest BCUT2D eigenvalue weighted by Gasteiger charge is 2.22. The molecule has 116 valence electrons. The molecule has 2 N–H and O–H groups in total. The molecule has 0 radical (unpaired) electrons. The van der Waals surface area contributed by atoms with Crippen molar-refractivity contribution >= 4 is 30.7 Å². The van der Waals surface area contributed by atoms with Crippen molar-refractivity contribution in [2.24, 2.45) is 11.1 Å². The van der Waals surface area contributed by atoms with E-state index in [0.29, 0.717) is 18.7 Å². The van der Waals surface area contributed by atoms with E-state index < -0.39 is 0 Å². The topological polar surface area (TPSA) is 59.2 Å². The van der Waals surface area contributed by atoms with Crippen LogP contribution in [0.3, 0.4) is 0 Å². The molecule has 4 nitrogen and oxygen atoms in total. The fourth-order valence-electron chi connectivity index (χ4n) is 1.90. The Morgan fingerprint density at radius 1 is 1.30 bits per heavy atom. The third-order valence-electron chi connectivity index (χ3n) is 3.02. The van der Waals surface area contributed by atoms with Crippen LogP contribution in [0.25, 0.3) is 0 Å². The molecule has 1 aromatic heterocycles. The number of rotatable bonds is 4. The number of pyridine rings is 1.